The summed E-state index contributed by atoms with van der Waals surface area (Å²) in [5, 5.41) is 11.2. The fourth-order valence-electron chi connectivity index (χ4n) is 1.79. The van der Waals surface area contributed by atoms with Gasteiger partial charge in [-0.25, -0.2) is 0 Å². The molecule has 1 N–H and O–H groups in total. The minimum absolute atomic E-state index is 0.147. The molecule has 0 radical (unpaired) electrons. The monoisotopic (exact) mass is 300 g/mol. The second-order valence-corrected chi connectivity index (χ2v) is 4.57. The zero-order valence-electron chi connectivity index (χ0n) is 12.6. The van der Waals surface area contributed by atoms with Crippen LogP contribution in [0.25, 0.3) is 11.8 Å². The molecule has 1 aromatic carbocycles. The Bertz CT molecular complexity index is 608. The molecular formula is C16H20N4O2. The Morgan fingerprint density at radius 3 is 2.95 bits per heavy atom. The highest BCUT2D eigenvalue weighted by atomic mass is 16.5. The largest absolute Gasteiger partial charge is 0.382 e. The fourth-order valence-corrected chi connectivity index (χ4v) is 1.79. The number of hydrogen-bond acceptors (Lipinski definition) is 4. The second-order valence-electron chi connectivity index (χ2n) is 4.57. The van der Waals surface area contributed by atoms with E-state index in [0.717, 1.165) is 12.1 Å². The molecule has 0 saturated carbocycles. The smallest absolute Gasteiger partial charge is 0.244 e. The first-order valence-electron chi connectivity index (χ1n) is 7.31. The van der Waals surface area contributed by atoms with Gasteiger partial charge in [0.2, 0.25) is 5.91 Å². The summed E-state index contributed by atoms with van der Waals surface area (Å²) in [6.07, 6.45) is 5.52. The molecular weight excluding hydrogens is 280 g/mol. The average molecular weight is 300 g/mol. The van der Waals surface area contributed by atoms with Crippen LogP contribution in [0, 0.1) is 0 Å². The lowest BCUT2D eigenvalue weighted by molar-refractivity contribution is -0.116. The fraction of sp³-hybridized carbons (Fsp3) is 0.312. The summed E-state index contributed by atoms with van der Waals surface area (Å²) in [6, 6.07) is 9.61. The minimum atomic E-state index is -0.147. The molecule has 1 heterocycles. The standard InChI is InChI=1S/C16H20N4O2/c1-2-22-12-6-11-17-16(21)10-9-14-13-18-20(19-14)15-7-4-3-5-8-15/h3-5,7-10,13H,2,6,11-12H2,1H3,(H,17,21)/b10-9-. The first kappa shape index (κ1) is 15.9. The molecule has 6 heteroatoms. The van der Waals surface area contributed by atoms with E-state index in [1.54, 1.807) is 12.3 Å². The SMILES string of the molecule is CCOCCCNC(=O)/C=C\c1cnn(-c2ccccc2)n1. The summed E-state index contributed by atoms with van der Waals surface area (Å²) >= 11 is 0. The molecule has 0 atom stereocenters. The molecule has 0 unspecified atom stereocenters. The van der Waals surface area contributed by atoms with Crippen LogP contribution in [-0.2, 0) is 9.53 Å². The number of nitrogens with one attached hydrogen (secondary N) is 1. The topological polar surface area (TPSA) is 69.0 Å². The van der Waals surface area contributed by atoms with E-state index in [0.29, 0.717) is 25.5 Å². The summed E-state index contributed by atoms with van der Waals surface area (Å²) in [7, 11) is 0. The van der Waals surface area contributed by atoms with Gasteiger partial charge >= 0.3 is 0 Å². The Kier molecular flexibility index (Phi) is 6.32. The van der Waals surface area contributed by atoms with Crippen LogP contribution in [-0.4, -0.2) is 40.7 Å². The van der Waals surface area contributed by atoms with Crippen LogP contribution in [0.4, 0.5) is 0 Å². The molecule has 0 saturated heterocycles. The molecule has 2 rings (SSSR count). The highest BCUT2D eigenvalue weighted by Crippen LogP contribution is 2.04. The number of carbonyl (C=O) groups excluding carboxylic acids is 1. The molecule has 0 aliphatic rings. The van der Waals surface area contributed by atoms with E-state index < -0.39 is 0 Å². The zero-order chi connectivity index (χ0) is 15.6. The summed E-state index contributed by atoms with van der Waals surface area (Å²) in [5.74, 6) is -0.147. The van der Waals surface area contributed by atoms with Crippen LogP contribution in [0.15, 0.2) is 42.6 Å². The number of ether oxygens (including phenoxy) is 1. The molecule has 2 aromatic rings. The molecule has 6 nitrogen and oxygen atoms in total. The highest BCUT2D eigenvalue weighted by Gasteiger charge is 2.00. The maximum atomic E-state index is 11.6. The van der Waals surface area contributed by atoms with Crippen molar-refractivity contribution < 1.29 is 9.53 Å². The summed E-state index contributed by atoms with van der Waals surface area (Å²) in [5.41, 5.74) is 1.51. The molecule has 0 bridgehead atoms. The lowest BCUT2D eigenvalue weighted by Gasteiger charge is -2.01. The van der Waals surface area contributed by atoms with Gasteiger partial charge in [0, 0.05) is 25.8 Å². The predicted molar refractivity (Wildman–Crippen MR) is 84.5 cm³/mol. The highest BCUT2D eigenvalue weighted by molar-refractivity contribution is 5.91. The third-order valence-electron chi connectivity index (χ3n) is 2.87. The van der Waals surface area contributed by atoms with Crippen LogP contribution < -0.4 is 5.32 Å². The van der Waals surface area contributed by atoms with Crippen molar-refractivity contribution in [1.82, 2.24) is 20.3 Å². The maximum Gasteiger partial charge on any atom is 0.244 e. The number of rotatable bonds is 8. The summed E-state index contributed by atoms with van der Waals surface area (Å²) < 4.78 is 5.20. The second kappa shape index (κ2) is 8.74. The van der Waals surface area contributed by atoms with E-state index in [1.807, 2.05) is 37.3 Å². The first-order valence-corrected chi connectivity index (χ1v) is 7.31. The van der Waals surface area contributed by atoms with Gasteiger partial charge in [-0.2, -0.15) is 9.90 Å². The van der Waals surface area contributed by atoms with Crippen molar-refractivity contribution >= 4 is 12.0 Å². The predicted octanol–water partition coefficient (Wildman–Crippen LogP) is 1.82. The number of aromatic nitrogens is 3. The van der Waals surface area contributed by atoms with Crippen molar-refractivity contribution in [3.63, 3.8) is 0 Å². The van der Waals surface area contributed by atoms with Gasteiger partial charge in [0.25, 0.3) is 0 Å². The van der Waals surface area contributed by atoms with Crippen LogP contribution in [0.1, 0.15) is 19.0 Å². The Morgan fingerprint density at radius 1 is 1.36 bits per heavy atom. The number of benzene rings is 1. The third-order valence-corrected chi connectivity index (χ3v) is 2.87. The van der Waals surface area contributed by atoms with Crippen LogP contribution in [0.3, 0.4) is 0 Å². The van der Waals surface area contributed by atoms with E-state index in [2.05, 4.69) is 15.5 Å². The molecule has 0 aliphatic carbocycles. The van der Waals surface area contributed by atoms with E-state index in [1.165, 1.54) is 10.9 Å². The van der Waals surface area contributed by atoms with Crippen molar-refractivity contribution in [3.8, 4) is 5.69 Å². The van der Waals surface area contributed by atoms with Gasteiger partial charge in [-0.3, -0.25) is 4.79 Å². The van der Waals surface area contributed by atoms with E-state index in [9.17, 15) is 4.79 Å². The molecule has 0 spiro atoms. The van der Waals surface area contributed by atoms with Gasteiger partial charge in [-0.1, -0.05) is 18.2 Å². The van der Waals surface area contributed by atoms with Crippen molar-refractivity contribution in [3.05, 3.63) is 48.3 Å². The van der Waals surface area contributed by atoms with Crippen molar-refractivity contribution in [2.75, 3.05) is 19.8 Å². The molecule has 0 aliphatic heterocycles. The summed E-state index contributed by atoms with van der Waals surface area (Å²) in [6.45, 7) is 3.90. The van der Waals surface area contributed by atoms with Gasteiger partial charge < -0.3 is 10.1 Å². The Hall–Kier alpha value is -2.47. The van der Waals surface area contributed by atoms with Crippen LogP contribution in [0.5, 0.6) is 0 Å². The number of nitrogens with zero attached hydrogens (tertiary/aromatic N) is 3. The molecule has 1 aromatic heterocycles. The lowest BCUT2D eigenvalue weighted by Crippen LogP contribution is -2.23. The zero-order valence-corrected chi connectivity index (χ0v) is 12.6. The Morgan fingerprint density at radius 2 is 2.18 bits per heavy atom. The van der Waals surface area contributed by atoms with Crippen molar-refractivity contribution in [1.29, 1.82) is 0 Å². The average Bonchev–Trinajstić information content (AvgIpc) is 3.02. The number of carbonyl (C=O) groups is 1. The normalized spacial score (nSPS) is 11.0. The molecule has 1 amide bonds. The summed E-state index contributed by atoms with van der Waals surface area (Å²) in [4.78, 5) is 13.2. The van der Waals surface area contributed by atoms with Crippen LogP contribution >= 0.6 is 0 Å². The Balaban J connectivity index is 1.81. The lowest BCUT2D eigenvalue weighted by atomic mass is 10.3. The van der Waals surface area contributed by atoms with Gasteiger partial charge in [-0.05, 0) is 31.6 Å². The first-order chi connectivity index (χ1) is 10.8. The third kappa shape index (κ3) is 5.14. The van der Waals surface area contributed by atoms with E-state index in [-0.39, 0.29) is 5.91 Å². The number of hydrogen-bond donors (Lipinski definition) is 1. The van der Waals surface area contributed by atoms with Gasteiger partial charge in [0.1, 0.15) is 5.69 Å². The molecule has 116 valence electrons. The van der Waals surface area contributed by atoms with Gasteiger partial charge in [0.05, 0.1) is 11.9 Å². The number of amides is 1. The minimum Gasteiger partial charge on any atom is -0.382 e. The molecule has 0 fully saturated rings. The van der Waals surface area contributed by atoms with Crippen LogP contribution in [0.2, 0.25) is 0 Å². The van der Waals surface area contributed by atoms with Gasteiger partial charge in [-0.15, -0.1) is 5.10 Å². The van der Waals surface area contributed by atoms with E-state index >= 15 is 0 Å². The number of para-hydroxylation sites is 1. The van der Waals surface area contributed by atoms with E-state index in [4.69, 9.17) is 4.74 Å². The van der Waals surface area contributed by atoms with Crippen molar-refractivity contribution in [2.45, 2.75) is 13.3 Å². The maximum absolute atomic E-state index is 11.6. The van der Waals surface area contributed by atoms with Crippen molar-refractivity contribution in [2.24, 2.45) is 0 Å². The Labute approximate surface area is 129 Å². The quantitative estimate of drug-likeness (QED) is 0.596. The molecule has 22 heavy (non-hydrogen) atoms. The van der Waals surface area contributed by atoms with Gasteiger partial charge in [0.15, 0.2) is 0 Å².